The number of piperazine rings is 1. The highest BCUT2D eigenvalue weighted by molar-refractivity contribution is 5.96. The van der Waals surface area contributed by atoms with Crippen LogP contribution in [0.25, 0.3) is 5.69 Å². The maximum Gasteiger partial charge on any atom is 0.254 e. The molecule has 144 valence electrons. The van der Waals surface area contributed by atoms with Crippen LogP contribution in [0.2, 0.25) is 0 Å². The molecule has 0 spiro atoms. The van der Waals surface area contributed by atoms with E-state index in [2.05, 4.69) is 47.6 Å². The molecule has 0 unspecified atom stereocenters. The molecule has 2 heterocycles. The average Bonchev–Trinajstić information content (AvgIpc) is 3.22. The fourth-order valence-corrected chi connectivity index (χ4v) is 4.04. The molecule has 1 aromatic heterocycles. The van der Waals surface area contributed by atoms with Crippen LogP contribution >= 0.6 is 0 Å². The predicted octanol–water partition coefficient (Wildman–Crippen LogP) is 4.36. The van der Waals surface area contributed by atoms with Gasteiger partial charge in [-0.25, -0.2) is 0 Å². The zero-order valence-electron chi connectivity index (χ0n) is 16.9. The summed E-state index contributed by atoms with van der Waals surface area (Å²) in [6.07, 6.45) is 4.03. The molecule has 0 saturated carbocycles. The number of anilines is 1. The van der Waals surface area contributed by atoms with E-state index in [-0.39, 0.29) is 5.91 Å². The number of hydrogen-bond donors (Lipinski definition) is 0. The second kappa shape index (κ2) is 7.55. The fourth-order valence-electron chi connectivity index (χ4n) is 4.04. The van der Waals surface area contributed by atoms with Crippen LogP contribution in [0.15, 0.2) is 60.9 Å². The third-order valence-electron chi connectivity index (χ3n) is 5.60. The van der Waals surface area contributed by atoms with Gasteiger partial charge in [-0.3, -0.25) is 4.79 Å². The standard InChI is InChI=1S/C24H27N3O/c1-18-6-9-23(20(3)16-18)26-12-14-27(15-13-26)24(28)22-8-7-21(17-19(22)2)25-10-4-5-11-25/h4-11,16-17H,12-15H2,1-3H3. The molecule has 0 bridgehead atoms. The van der Waals surface area contributed by atoms with Crippen LogP contribution in [0.1, 0.15) is 27.0 Å². The van der Waals surface area contributed by atoms with Gasteiger partial charge in [-0.15, -0.1) is 0 Å². The van der Waals surface area contributed by atoms with Gasteiger partial charge in [0.05, 0.1) is 0 Å². The van der Waals surface area contributed by atoms with Crippen LogP contribution in [-0.2, 0) is 0 Å². The Balaban J connectivity index is 1.45. The molecule has 0 N–H and O–H groups in total. The van der Waals surface area contributed by atoms with Crippen molar-refractivity contribution in [2.75, 3.05) is 31.1 Å². The molecule has 0 atom stereocenters. The van der Waals surface area contributed by atoms with E-state index in [1.165, 1.54) is 16.8 Å². The summed E-state index contributed by atoms with van der Waals surface area (Å²) in [6, 6.07) is 16.7. The van der Waals surface area contributed by atoms with Crippen molar-refractivity contribution in [2.24, 2.45) is 0 Å². The topological polar surface area (TPSA) is 28.5 Å². The molecule has 4 heteroatoms. The largest absolute Gasteiger partial charge is 0.368 e. The third kappa shape index (κ3) is 3.55. The van der Waals surface area contributed by atoms with Crippen LogP contribution in [0, 0.1) is 20.8 Å². The highest BCUT2D eigenvalue weighted by atomic mass is 16.2. The Morgan fingerprint density at radius 3 is 2.18 bits per heavy atom. The number of nitrogens with zero attached hydrogens (tertiary/aromatic N) is 3. The van der Waals surface area contributed by atoms with Crippen molar-refractivity contribution in [3.05, 3.63) is 83.2 Å². The Morgan fingerprint density at radius 1 is 0.821 bits per heavy atom. The zero-order chi connectivity index (χ0) is 19.7. The van der Waals surface area contributed by atoms with Gasteiger partial charge >= 0.3 is 0 Å². The lowest BCUT2D eigenvalue weighted by Crippen LogP contribution is -2.49. The molecule has 1 saturated heterocycles. The van der Waals surface area contributed by atoms with Crippen LogP contribution < -0.4 is 4.90 Å². The van der Waals surface area contributed by atoms with Crippen LogP contribution in [0.5, 0.6) is 0 Å². The third-order valence-corrected chi connectivity index (χ3v) is 5.60. The molecule has 4 rings (SSSR count). The molecule has 28 heavy (non-hydrogen) atoms. The number of carbonyl (C=O) groups is 1. The van der Waals surface area contributed by atoms with Crippen molar-refractivity contribution in [2.45, 2.75) is 20.8 Å². The summed E-state index contributed by atoms with van der Waals surface area (Å²) in [5.41, 5.74) is 6.78. The van der Waals surface area contributed by atoms with Crippen molar-refractivity contribution in [1.29, 1.82) is 0 Å². The van der Waals surface area contributed by atoms with Gasteiger partial charge in [-0.05, 0) is 68.3 Å². The highest BCUT2D eigenvalue weighted by Crippen LogP contribution is 2.23. The molecule has 0 radical (unpaired) electrons. The predicted molar refractivity (Wildman–Crippen MR) is 115 cm³/mol. The summed E-state index contributed by atoms with van der Waals surface area (Å²) < 4.78 is 2.06. The van der Waals surface area contributed by atoms with Crippen LogP contribution in [0.3, 0.4) is 0 Å². The normalized spacial score (nSPS) is 14.4. The molecule has 1 fully saturated rings. The Bertz CT molecular complexity index is 983. The summed E-state index contributed by atoms with van der Waals surface area (Å²) >= 11 is 0. The van der Waals surface area contributed by atoms with Gasteiger partial charge in [-0.2, -0.15) is 0 Å². The summed E-state index contributed by atoms with van der Waals surface area (Å²) in [5, 5.41) is 0. The van der Waals surface area contributed by atoms with E-state index in [0.29, 0.717) is 0 Å². The Kier molecular flexibility index (Phi) is 4.95. The first-order valence-corrected chi connectivity index (χ1v) is 9.88. The van der Waals surface area contributed by atoms with Crippen molar-refractivity contribution in [1.82, 2.24) is 9.47 Å². The second-order valence-corrected chi connectivity index (χ2v) is 7.66. The summed E-state index contributed by atoms with van der Waals surface area (Å²) in [4.78, 5) is 17.4. The lowest BCUT2D eigenvalue weighted by molar-refractivity contribution is 0.0746. The van der Waals surface area contributed by atoms with Gasteiger partial charge < -0.3 is 14.4 Å². The minimum atomic E-state index is 0.136. The van der Waals surface area contributed by atoms with Gasteiger partial charge in [0, 0.05) is 55.5 Å². The smallest absolute Gasteiger partial charge is 0.254 e. The van der Waals surface area contributed by atoms with Crippen molar-refractivity contribution in [3.8, 4) is 5.69 Å². The second-order valence-electron chi connectivity index (χ2n) is 7.66. The molecule has 2 aromatic carbocycles. The van der Waals surface area contributed by atoms with E-state index in [9.17, 15) is 4.79 Å². The Hall–Kier alpha value is -3.01. The maximum absolute atomic E-state index is 13.1. The van der Waals surface area contributed by atoms with Crippen molar-refractivity contribution < 1.29 is 4.79 Å². The van der Waals surface area contributed by atoms with E-state index >= 15 is 0 Å². The minimum Gasteiger partial charge on any atom is -0.368 e. The van der Waals surface area contributed by atoms with Crippen LogP contribution in [0.4, 0.5) is 5.69 Å². The van der Waals surface area contributed by atoms with E-state index in [0.717, 1.165) is 43.0 Å². The molecular weight excluding hydrogens is 346 g/mol. The summed E-state index contributed by atoms with van der Waals surface area (Å²) in [5.74, 6) is 0.136. The summed E-state index contributed by atoms with van der Waals surface area (Å²) in [7, 11) is 0. The van der Waals surface area contributed by atoms with Gasteiger partial charge in [0.2, 0.25) is 0 Å². The fraction of sp³-hybridized carbons (Fsp3) is 0.292. The number of benzene rings is 2. The maximum atomic E-state index is 13.1. The van der Waals surface area contributed by atoms with E-state index in [1.807, 2.05) is 48.5 Å². The van der Waals surface area contributed by atoms with Gasteiger partial charge in [0.1, 0.15) is 0 Å². The quantitative estimate of drug-likeness (QED) is 0.682. The molecule has 3 aromatic rings. The number of aromatic nitrogens is 1. The summed E-state index contributed by atoms with van der Waals surface area (Å²) in [6.45, 7) is 9.56. The number of aryl methyl sites for hydroxylation is 3. The monoisotopic (exact) mass is 373 g/mol. The SMILES string of the molecule is Cc1ccc(N2CCN(C(=O)c3ccc(-n4cccc4)cc3C)CC2)c(C)c1. The van der Waals surface area contributed by atoms with E-state index < -0.39 is 0 Å². The first kappa shape index (κ1) is 18.4. The Morgan fingerprint density at radius 2 is 1.54 bits per heavy atom. The molecule has 1 aliphatic heterocycles. The van der Waals surface area contributed by atoms with E-state index in [4.69, 9.17) is 0 Å². The van der Waals surface area contributed by atoms with Gasteiger partial charge in [-0.1, -0.05) is 17.7 Å². The van der Waals surface area contributed by atoms with Crippen molar-refractivity contribution >= 4 is 11.6 Å². The zero-order valence-corrected chi connectivity index (χ0v) is 16.9. The van der Waals surface area contributed by atoms with Gasteiger partial charge in [0.15, 0.2) is 0 Å². The van der Waals surface area contributed by atoms with E-state index in [1.54, 1.807) is 0 Å². The minimum absolute atomic E-state index is 0.136. The Labute approximate surface area is 167 Å². The first-order valence-electron chi connectivity index (χ1n) is 9.88. The average molecular weight is 374 g/mol. The number of amides is 1. The lowest BCUT2D eigenvalue weighted by Gasteiger charge is -2.37. The van der Waals surface area contributed by atoms with Gasteiger partial charge in [0.25, 0.3) is 5.91 Å². The highest BCUT2D eigenvalue weighted by Gasteiger charge is 2.24. The molecule has 1 amide bonds. The lowest BCUT2D eigenvalue weighted by atomic mass is 10.1. The molecular formula is C24H27N3O. The van der Waals surface area contributed by atoms with Crippen LogP contribution in [-0.4, -0.2) is 41.6 Å². The number of carbonyl (C=O) groups excluding carboxylic acids is 1. The molecule has 0 aliphatic carbocycles. The van der Waals surface area contributed by atoms with Crippen molar-refractivity contribution in [3.63, 3.8) is 0 Å². The molecule has 4 nitrogen and oxygen atoms in total. The first-order chi connectivity index (χ1) is 13.5. The number of hydrogen-bond acceptors (Lipinski definition) is 2. The molecule has 1 aliphatic rings. The number of rotatable bonds is 3.